The fourth-order valence-corrected chi connectivity index (χ4v) is 4.35. The molecule has 1 fully saturated rings. The number of carboxylic acid groups (broad SMARTS) is 1. The van der Waals surface area contributed by atoms with Gasteiger partial charge in [-0.05, 0) is 56.4 Å². The van der Waals surface area contributed by atoms with Gasteiger partial charge in [0.05, 0.1) is 29.6 Å². The average molecular weight is 397 g/mol. The molecular formula is C22H23NO6. The lowest BCUT2D eigenvalue weighted by molar-refractivity contribution is -0.145. The second-order valence-electron chi connectivity index (χ2n) is 7.88. The molecule has 152 valence electrons. The minimum absolute atomic E-state index is 0.120. The minimum atomic E-state index is -0.894. The predicted molar refractivity (Wildman–Crippen MR) is 107 cm³/mol. The van der Waals surface area contributed by atoms with Crippen molar-refractivity contribution >= 4 is 33.8 Å². The Morgan fingerprint density at radius 3 is 2.69 bits per heavy atom. The van der Waals surface area contributed by atoms with Crippen LogP contribution in [0, 0.1) is 26.7 Å². The molecule has 1 atom stereocenters. The number of fused-ring (bicyclic) bond motifs is 3. The van der Waals surface area contributed by atoms with Crippen LogP contribution in [0.15, 0.2) is 26.0 Å². The number of hydrogen-bond donors (Lipinski definition) is 1. The van der Waals surface area contributed by atoms with Gasteiger partial charge in [-0.15, -0.1) is 0 Å². The first kappa shape index (κ1) is 19.2. The predicted octanol–water partition coefficient (Wildman–Crippen LogP) is 3.33. The Morgan fingerprint density at radius 1 is 1.21 bits per heavy atom. The van der Waals surface area contributed by atoms with Gasteiger partial charge in [0.1, 0.15) is 11.2 Å². The lowest BCUT2D eigenvalue weighted by Crippen LogP contribution is -2.43. The van der Waals surface area contributed by atoms with Crippen LogP contribution in [0.2, 0.25) is 0 Å². The van der Waals surface area contributed by atoms with Gasteiger partial charge < -0.3 is 18.8 Å². The number of piperidine rings is 1. The number of amides is 1. The summed E-state index contributed by atoms with van der Waals surface area (Å²) in [6, 6.07) is 1.82. The van der Waals surface area contributed by atoms with Gasteiger partial charge in [-0.2, -0.15) is 0 Å². The molecule has 7 nitrogen and oxygen atoms in total. The van der Waals surface area contributed by atoms with Crippen LogP contribution in [-0.4, -0.2) is 35.0 Å². The molecule has 7 heteroatoms. The number of benzene rings is 1. The highest BCUT2D eigenvalue weighted by Crippen LogP contribution is 2.34. The molecule has 4 rings (SSSR count). The number of hydrogen-bond acceptors (Lipinski definition) is 5. The van der Waals surface area contributed by atoms with E-state index in [0.29, 0.717) is 47.1 Å². The van der Waals surface area contributed by atoms with E-state index in [1.165, 1.54) is 4.90 Å². The SMILES string of the molecule is Cc1coc2c1c(C)cc1oc(=O)c(CC(=O)N3CCC[C@H](C(=O)O)C3)c(C)c12. The fraction of sp³-hybridized carbons (Fsp3) is 0.409. The van der Waals surface area contributed by atoms with Crippen molar-refractivity contribution in [3.8, 4) is 0 Å². The van der Waals surface area contributed by atoms with Crippen LogP contribution >= 0.6 is 0 Å². The number of carboxylic acids is 1. The Hall–Kier alpha value is -3.09. The summed E-state index contributed by atoms with van der Waals surface area (Å²) in [5.41, 5.74) is 3.45. The normalized spacial score (nSPS) is 17.2. The lowest BCUT2D eigenvalue weighted by atomic mass is 9.96. The molecule has 3 heterocycles. The number of nitrogens with zero attached hydrogens (tertiary/aromatic N) is 1. The molecule has 1 N–H and O–H groups in total. The van der Waals surface area contributed by atoms with E-state index in [0.717, 1.165) is 16.5 Å². The summed E-state index contributed by atoms with van der Waals surface area (Å²) in [5.74, 6) is -1.71. The van der Waals surface area contributed by atoms with E-state index >= 15 is 0 Å². The van der Waals surface area contributed by atoms with Crippen molar-refractivity contribution in [2.24, 2.45) is 5.92 Å². The molecule has 0 aliphatic carbocycles. The quantitative estimate of drug-likeness (QED) is 0.681. The van der Waals surface area contributed by atoms with Crippen molar-refractivity contribution in [1.82, 2.24) is 4.90 Å². The molecule has 1 aliphatic rings. The third-order valence-electron chi connectivity index (χ3n) is 5.92. The van der Waals surface area contributed by atoms with Gasteiger partial charge in [0.25, 0.3) is 0 Å². The van der Waals surface area contributed by atoms with Gasteiger partial charge in [0.15, 0.2) is 0 Å². The number of furan rings is 1. The van der Waals surface area contributed by atoms with Crippen LogP contribution in [0.25, 0.3) is 21.9 Å². The van der Waals surface area contributed by atoms with Crippen molar-refractivity contribution in [1.29, 1.82) is 0 Å². The van der Waals surface area contributed by atoms with E-state index < -0.39 is 17.5 Å². The Labute approximate surface area is 166 Å². The molecule has 0 spiro atoms. The Morgan fingerprint density at radius 2 is 1.97 bits per heavy atom. The fourth-order valence-electron chi connectivity index (χ4n) is 4.35. The number of aliphatic carboxylic acids is 1. The van der Waals surface area contributed by atoms with Crippen molar-refractivity contribution in [2.45, 2.75) is 40.0 Å². The Bertz CT molecular complexity index is 1200. The largest absolute Gasteiger partial charge is 0.481 e. The molecule has 1 aromatic carbocycles. The number of carbonyl (C=O) groups excluding carboxylic acids is 1. The first-order valence-electron chi connectivity index (χ1n) is 9.72. The Kier molecular flexibility index (Phi) is 4.68. The maximum Gasteiger partial charge on any atom is 0.340 e. The molecular weight excluding hydrogens is 374 g/mol. The summed E-state index contributed by atoms with van der Waals surface area (Å²) in [6.45, 7) is 6.37. The van der Waals surface area contributed by atoms with E-state index in [2.05, 4.69) is 0 Å². The summed E-state index contributed by atoms with van der Waals surface area (Å²) < 4.78 is 11.3. The van der Waals surface area contributed by atoms with Crippen LogP contribution in [-0.2, 0) is 16.0 Å². The van der Waals surface area contributed by atoms with Gasteiger partial charge in [-0.1, -0.05) is 0 Å². The summed E-state index contributed by atoms with van der Waals surface area (Å²) >= 11 is 0. The average Bonchev–Trinajstić information content (AvgIpc) is 3.07. The molecule has 1 amide bonds. The minimum Gasteiger partial charge on any atom is -0.481 e. The highest BCUT2D eigenvalue weighted by molar-refractivity contribution is 6.07. The summed E-state index contributed by atoms with van der Waals surface area (Å²) in [6.07, 6.45) is 2.75. The van der Waals surface area contributed by atoms with Crippen molar-refractivity contribution < 1.29 is 23.5 Å². The molecule has 0 saturated carbocycles. The monoisotopic (exact) mass is 397 g/mol. The number of aryl methyl sites for hydroxylation is 3. The summed E-state index contributed by atoms with van der Waals surface area (Å²) in [7, 11) is 0. The Balaban J connectivity index is 1.75. The first-order chi connectivity index (χ1) is 13.8. The summed E-state index contributed by atoms with van der Waals surface area (Å²) in [4.78, 5) is 38.3. The zero-order chi connectivity index (χ0) is 20.9. The molecule has 1 saturated heterocycles. The molecule has 0 bridgehead atoms. The van der Waals surface area contributed by atoms with Crippen LogP contribution in [0.1, 0.15) is 35.1 Å². The molecule has 2 aromatic heterocycles. The number of likely N-dealkylation sites (tertiary alicyclic amines) is 1. The van der Waals surface area contributed by atoms with Gasteiger partial charge in [-0.3, -0.25) is 9.59 Å². The number of rotatable bonds is 3. The van der Waals surface area contributed by atoms with E-state index in [9.17, 15) is 19.5 Å². The van der Waals surface area contributed by atoms with Gasteiger partial charge >= 0.3 is 11.6 Å². The standard InChI is InChI=1S/C22H23NO6/c1-11-7-16-19(20-18(11)12(2)10-28-20)13(3)15(22(27)29-16)8-17(24)23-6-4-5-14(9-23)21(25)26/h7,10,14H,4-6,8-9H2,1-3H3,(H,25,26)/t14-/m0/s1. The van der Waals surface area contributed by atoms with Crippen molar-refractivity contribution in [3.63, 3.8) is 0 Å². The highest BCUT2D eigenvalue weighted by atomic mass is 16.4. The van der Waals surface area contributed by atoms with Crippen LogP contribution in [0.5, 0.6) is 0 Å². The smallest absolute Gasteiger partial charge is 0.340 e. The zero-order valence-corrected chi connectivity index (χ0v) is 16.7. The maximum atomic E-state index is 12.8. The van der Waals surface area contributed by atoms with E-state index in [-0.39, 0.29) is 18.9 Å². The van der Waals surface area contributed by atoms with Crippen molar-refractivity contribution in [3.05, 3.63) is 45.0 Å². The van der Waals surface area contributed by atoms with Gasteiger partial charge in [0.2, 0.25) is 5.91 Å². The maximum absolute atomic E-state index is 12.8. The first-order valence-corrected chi connectivity index (χ1v) is 9.72. The van der Waals surface area contributed by atoms with E-state index in [4.69, 9.17) is 8.83 Å². The van der Waals surface area contributed by atoms with E-state index in [1.54, 1.807) is 13.2 Å². The lowest BCUT2D eigenvalue weighted by Gasteiger charge is -2.30. The second-order valence-corrected chi connectivity index (χ2v) is 7.88. The van der Waals surface area contributed by atoms with Crippen LogP contribution in [0.3, 0.4) is 0 Å². The van der Waals surface area contributed by atoms with Crippen LogP contribution < -0.4 is 5.63 Å². The zero-order valence-electron chi connectivity index (χ0n) is 16.7. The van der Waals surface area contributed by atoms with Gasteiger partial charge in [-0.25, -0.2) is 4.79 Å². The number of carbonyl (C=O) groups is 2. The molecule has 1 aliphatic heterocycles. The van der Waals surface area contributed by atoms with Gasteiger partial charge in [0, 0.05) is 18.5 Å². The molecule has 0 radical (unpaired) electrons. The third kappa shape index (κ3) is 3.20. The van der Waals surface area contributed by atoms with E-state index in [1.807, 2.05) is 19.9 Å². The van der Waals surface area contributed by atoms with Crippen molar-refractivity contribution in [2.75, 3.05) is 13.1 Å². The molecule has 29 heavy (non-hydrogen) atoms. The summed E-state index contributed by atoms with van der Waals surface area (Å²) in [5, 5.41) is 10.9. The third-order valence-corrected chi connectivity index (χ3v) is 5.92. The highest BCUT2D eigenvalue weighted by Gasteiger charge is 2.29. The van der Waals surface area contributed by atoms with Crippen LogP contribution in [0.4, 0.5) is 0 Å². The molecule has 0 unspecified atom stereocenters. The molecule has 3 aromatic rings. The second kappa shape index (κ2) is 7.06. The topological polar surface area (TPSA) is 101 Å².